The van der Waals surface area contributed by atoms with Crippen molar-refractivity contribution in [1.82, 2.24) is 0 Å². The van der Waals surface area contributed by atoms with E-state index in [1.54, 1.807) is 6.08 Å². The quantitative estimate of drug-likeness (QED) is 0.657. The molecule has 3 aromatic carbocycles. The summed E-state index contributed by atoms with van der Waals surface area (Å²) in [6, 6.07) is 15.9. The Kier molecular flexibility index (Phi) is 2.88. The van der Waals surface area contributed by atoms with E-state index in [0.29, 0.717) is 5.69 Å². The van der Waals surface area contributed by atoms with Crippen molar-refractivity contribution in [1.29, 1.82) is 0 Å². The molecular formula is C17H13NO2. The highest BCUT2D eigenvalue weighted by atomic mass is 16.4. The highest BCUT2D eigenvalue weighted by Crippen LogP contribution is 2.31. The summed E-state index contributed by atoms with van der Waals surface area (Å²) in [5, 5.41) is 15.6. The molecule has 1 amide bonds. The molecule has 0 spiro atoms. The fourth-order valence-electron chi connectivity index (χ4n) is 2.45. The van der Waals surface area contributed by atoms with Crippen LogP contribution in [0.2, 0.25) is 0 Å². The van der Waals surface area contributed by atoms with Crippen LogP contribution in [0.4, 0.5) is 10.5 Å². The average Bonchev–Trinajstić information content (AvgIpc) is 2.45. The second-order valence-electron chi connectivity index (χ2n) is 4.58. The Hall–Kier alpha value is -2.81. The van der Waals surface area contributed by atoms with Crippen LogP contribution >= 0.6 is 0 Å². The van der Waals surface area contributed by atoms with E-state index in [9.17, 15) is 4.79 Å². The zero-order valence-electron chi connectivity index (χ0n) is 10.8. The molecule has 3 aromatic rings. The van der Waals surface area contributed by atoms with E-state index in [1.807, 2.05) is 42.5 Å². The van der Waals surface area contributed by atoms with Crippen molar-refractivity contribution in [2.45, 2.75) is 0 Å². The molecule has 0 saturated carbocycles. The smallest absolute Gasteiger partial charge is 0.409 e. The lowest BCUT2D eigenvalue weighted by molar-refractivity contribution is 0.210. The normalized spacial score (nSPS) is 10.6. The van der Waals surface area contributed by atoms with Gasteiger partial charge in [0.1, 0.15) is 0 Å². The Labute approximate surface area is 116 Å². The van der Waals surface area contributed by atoms with E-state index in [0.717, 1.165) is 27.1 Å². The molecule has 0 heterocycles. The molecule has 0 unspecified atom stereocenters. The minimum absolute atomic E-state index is 0.579. The standard InChI is InChI=1S/C17H13NO2/c1-2-11-7-8-14-9-12-5-3-4-6-13(12)10-15(14)16(11)18-17(19)20/h2-10,18H,1H2,(H,19,20). The average molecular weight is 263 g/mol. The van der Waals surface area contributed by atoms with Gasteiger partial charge < -0.3 is 5.11 Å². The molecule has 3 rings (SSSR count). The first-order chi connectivity index (χ1) is 9.69. The van der Waals surface area contributed by atoms with Crippen LogP contribution in [-0.2, 0) is 0 Å². The number of carbonyl (C=O) groups is 1. The van der Waals surface area contributed by atoms with E-state index in [4.69, 9.17) is 5.11 Å². The van der Waals surface area contributed by atoms with Gasteiger partial charge in [-0.3, -0.25) is 5.32 Å². The second-order valence-corrected chi connectivity index (χ2v) is 4.58. The minimum Gasteiger partial charge on any atom is -0.465 e. The van der Waals surface area contributed by atoms with Gasteiger partial charge in [0.2, 0.25) is 0 Å². The van der Waals surface area contributed by atoms with Crippen molar-refractivity contribution in [2.24, 2.45) is 0 Å². The second kappa shape index (κ2) is 4.70. The number of anilines is 1. The van der Waals surface area contributed by atoms with Crippen LogP contribution < -0.4 is 5.32 Å². The van der Waals surface area contributed by atoms with Gasteiger partial charge in [-0.1, -0.05) is 49.1 Å². The van der Waals surface area contributed by atoms with Gasteiger partial charge in [-0.25, -0.2) is 4.79 Å². The van der Waals surface area contributed by atoms with E-state index < -0.39 is 6.09 Å². The summed E-state index contributed by atoms with van der Waals surface area (Å²) < 4.78 is 0. The molecular weight excluding hydrogens is 250 g/mol. The van der Waals surface area contributed by atoms with E-state index >= 15 is 0 Å². The third-order valence-electron chi connectivity index (χ3n) is 3.37. The van der Waals surface area contributed by atoms with Gasteiger partial charge in [0.25, 0.3) is 0 Å². The SMILES string of the molecule is C=Cc1ccc2cc3ccccc3cc2c1NC(=O)O. The van der Waals surface area contributed by atoms with Gasteiger partial charge in [-0.2, -0.15) is 0 Å². The fourth-order valence-corrected chi connectivity index (χ4v) is 2.45. The summed E-state index contributed by atoms with van der Waals surface area (Å²) in [6.45, 7) is 3.74. The van der Waals surface area contributed by atoms with E-state index in [2.05, 4.69) is 18.0 Å². The van der Waals surface area contributed by atoms with E-state index in [1.165, 1.54) is 0 Å². The topological polar surface area (TPSA) is 49.3 Å². The molecule has 0 aromatic heterocycles. The van der Waals surface area contributed by atoms with Crippen LogP contribution in [0, 0.1) is 0 Å². The molecule has 3 nitrogen and oxygen atoms in total. The summed E-state index contributed by atoms with van der Waals surface area (Å²) >= 11 is 0. The van der Waals surface area contributed by atoms with Crippen molar-refractivity contribution in [3.8, 4) is 0 Å². The third-order valence-corrected chi connectivity index (χ3v) is 3.37. The van der Waals surface area contributed by atoms with Gasteiger partial charge in [0, 0.05) is 5.39 Å². The lowest BCUT2D eigenvalue weighted by atomic mass is 9.99. The zero-order chi connectivity index (χ0) is 14.1. The van der Waals surface area contributed by atoms with Gasteiger partial charge >= 0.3 is 6.09 Å². The molecule has 20 heavy (non-hydrogen) atoms. The third kappa shape index (κ3) is 1.99. The van der Waals surface area contributed by atoms with Crippen LogP contribution in [0.3, 0.4) is 0 Å². The Morgan fingerprint density at radius 3 is 2.40 bits per heavy atom. The van der Waals surface area contributed by atoms with Crippen LogP contribution in [-0.4, -0.2) is 11.2 Å². The number of nitrogens with one attached hydrogen (secondary N) is 1. The maximum absolute atomic E-state index is 11.0. The maximum atomic E-state index is 11.0. The Bertz CT molecular complexity index is 837. The number of hydrogen-bond donors (Lipinski definition) is 2. The van der Waals surface area contributed by atoms with Crippen LogP contribution in [0.5, 0.6) is 0 Å². The molecule has 0 aliphatic heterocycles. The number of carboxylic acid groups (broad SMARTS) is 1. The van der Waals surface area contributed by atoms with Crippen molar-refractivity contribution >= 4 is 39.4 Å². The summed E-state index contributed by atoms with van der Waals surface area (Å²) in [6.07, 6.45) is 0.577. The van der Waals surface area contributed by atoms with Crippen LogP contribution in [0.15, 0.2) is 55.1 Å². The number of rotatable bonds is 2. The Balaban J connectivity index is 2.39. The maximum Gasteiger partial charge on any atom is 0.409 e. The summed E-state index contributed by atoms with van der Waals surface area (Å²) in [4.78, 5) is 11.0. The van der Waals surface area contributed by atoms with Crippen LogP contribution in [0.25, 0.3) is 27.6 Å². The summed E-state index contributed by atoms with van der Waals surface area (Å²) in [5.41, 5.74) is 1.35. The molecule has 98 valence electrons. The number of hydrogen-bond acceptors (Lipinski definition) is 1. The zero-order valence-corrected chi connectivity index (χ0v) is 10.8. The summed E-state index contributed by atoms with van der Waals surface area (Å²) in [7, 11) is 0. The number of amides is 1. The molecule has 0 aliphatic rings. The molecule has 0 atom stereocenters. The van der Waals surface area contributed by atoms with Gasteiger partial charge in [0.05, 0.1) is 5.69 Å². The Morgan fingerprint density at radius 2 is 1.75 bits per heavy atom. The minimum atomic E-state index is -1.08. The molecule has 3 heteroatoms. The lowest BCUT2D eigenvalue weighted by Gasteiger charge is -2.11. The predicted octanol–water partition coefficient (Wildman–Crippen LogP) is 4.73. The van der Waals surface area contributed by atoms with Gasteiger partial charge in [-0.05, 0) is 33.9 Å². The Morgan fingerprint density at radius 1 is 1.05 bits per heavy atom. The van der Waals surface area contributed by atoms with Gasteiger partial charge in [0.15, 0.2) is 0 Å². The number of benzene rings is 3. The lowest BCUT2D eigenvalue weighted by Crippen LogP contribution is -2.08. The van der Waals surface area contributed by atoms with Crippen molar-refractivity contribution < 1.29 is 9.90 Å². The molecule has 0 aliphatic carbocycles. The van der Waals surface area contributed by atoms with E-state index in [-0.39, 0.29) is 0 Å². The van der Waals surface area contributed by atoms with Crippen molar-refractivity contribution in [3.05, 3.63) is 60.7 Å². The molecule has 0 bridgehead atoms. The van der Waals surface area contributed by atoms with Crippen LogP contribution in [0.1, 0.15) is 5.56 Å². The number of fused-ring (bicyclic) bond motifs is 2. The van der Waals surface area contributed by atoms with Crippen molar-refractivity contribution in [2.75, 3.05) is 5.32 Å². The molecule has 0 saturated heterocycles. The predicted molar refractivity (Wildman–Crippen MR) is 83.2 cm³/mol. The first-order valence-corrected chi connectivity index (χ1v) is 6.27. The molecule has 0 fully saturated rings. The molecule has 0 radical (unpaired) electrons. The fraction of sp³-hybridized carbons (Fsp3) is 0. The highest BCUT2D eigenvalue weighted by molar-refractivity contribution is 6.08. The monoisotopic (exact) mass is 263 g/mol. The van der Waals surface area contributed by atoms with Gasteiger partial charge in [-0.15, -0.1) is 0 Å². The summed E-state index contributed by atoms with van der Waals surface area (Å²) in [5.74, 6) is 0. The first kappa shape index (κ1) is 12.2. The first-order valence-electron chi connectivity index (χ1n) is 6.27. The highest BCUT2D eigenvalue weighted by Gasteiger charge is 2.09. The molecule has 2 N–H and O–H groups in total. The largest absolute Gasteiger partial charge is 0.465 e. The van der Waals surface area contributed by atoms with Crippen molar-refractivity contribution in [3.63, 3.8) is 0 Å².